The molecule has 0 aliphatic carbocycles. The molecule has 18 heavy (non-hydrogen) atoms. The molecule has 4 nitrogen and oxygen atoms in total. The van der Waals surface area contributed by atoms with Crippen molar-refractivity contribution in [2.75, 3.05) is 6.61 Å². The topological polar surface area (TPSA) is 38.8 Å². The summed E-state index contributed by atoms with van der Waals surface area (Å²) in [5.74, 6) is 0. The molecule has 0 aromatic carbocycles. The number of carbonyl (C=O) groups is 1. The van der Waals surface area contributed by atoms with Crippen molar-refractivity contribution in [3.8, 4) is 0 Å². The minimum absolute atomic E-state index is 0. The molecule has 1 aliphatic rings. The van der Waals surface area contributed by atoms with E-state index in [9.17, 15) is 4.79 Å². The Morgan fingerprint density at radius 1 is 1.39 bits per heavy atom. The first-order valence-corrected chi connectivity index (χ1v) is 5.78. The molecule has 0 aromatic heterocycles. The number of halogens is 1. The van der Waals surface area contributed by atoms with Crippen LogP contribution in [0.1, 0.15) is 47.5 Å². The van der Waals surface area contributed by atoms with Crippen LogP contribution in [-0.4, -0.2) is 28.9 Å². The Bertz CT molecular complexity index is 256. The fourth-order valence-electron chi connectivity index (χ4n) is 1.98. The van der Waals surface area contributed by atoms with Crippen molar-refractivity contribution in [2.24, 2.45) is 0 Å². The van der Waals surface area contributed by atoms with Gasteiger partial charge < -0.3 is 21.9 Å². The summed E-state index contributed by atoms with van der Waals surface area (Å²) in [7, 11) is 0. The zero-order valence-electron chi connectivity index (χ0n) is 12.0. The maximum Gasteiger partial charge on any atom is 0.412 e. The van der Waals surface area contributed by atoms with Crippen LogP contribution < -0.4 is 12.4 Å². The Kier molecular flexibility index (Phi) is 8.71. The third-order valence-corrected chi connectivity index (χ3v) is 2.70. The van der Waals surface area contributed by atoms with Crippen molar-refractivity contribution in [1.29, 1.82) is 0 Å². The number of amides is 1. The minimum atomic E-state index is -0.597. The Labute approximate surface area is 129 Å². The number of nitrogens with zero attached hydrogens (tertiary/aromatic N) is 1. The number of rotatable bonds is 3. The molecule has 0 spiro atoms. The van der Waals surface area contributed by atoms with Crippen molar-refractivity contribution in [2.45, 2.75) is 58.7 Å². The van der Waals surface area contributed by atoms with Gasteiger partial charge in [0.2, 0.25) is 0 Å². The van der Waals surface area contributed by atoms with Crippen LogP contribution >= 0.6 is 0 Å². The molecule has 1 fully saturated rings. The minimum Gasteiger partial charge on any atom is -1.00 e. The van der Waals surface area contributed by atoms with Gasteiger partial charge in [-0.2, -0.15) is 0 Å². The zero-order valence-corrected chi connectivity index (χ0v) is 15.7. The normalized spacial score (nSPS) is 19.7. The van der Waals surface area contributed by atoms with Crippen molar-refractivity contribution >= 4 is 6.09 Å². The first-order chi connectivity index (χ1) is 7.31. The number of hydrogen-bond acceptors (Lipinski definition) is 3. The molecule has 1 saturated heterocycles. The molecule has 0 unspecified atom stereocenters. The second-order valence-electron chi connectivity index (χ2n) is 5.22. The summed E-state index contributed by atoms with van der Waals surface area (Å²) in [6.45, 7) is 11.8. The summed E-state index contributed by atoms with van der Waals surface area (Å²) in [4.78, 5) is 13.6. The molecule has 0 N–H and O–H groups in total. The third kappa shape index (κ3) is 4.67. The Hall–Kier alpha value is 0.143. The molecule has 1 rings (SSSR count). The van der Waals surface area contributed by atoms with Gasteiger partial charge in [0.1, 0.15) is 12.3 Å². The van der Waals surface area contributed by atoms with E-state index in [4.69, 9.17) is 9.47 Å². The second-order valence-corrected chi connectivity index (χ2v) is 5.22. The quantitative estimate of drug-likeness (QED) is 0.538. The fraction of sp³-hybridized carbons (Fsp3) is 0.833. The number of unbranched alkanes of at least 4 members (excludes halogenated alkanes) is 1. The van der Waals surface area contributed by atoms with Crippen LogP contribution in [-0.2, 0) is 29.0 Å². The van der Waals surface area contributed by atoms with E-state index in [1.165, 1.54) is 0 Å². The van der Waals surface area contributed by atoms with Crippen molar-refractivity contribution < 1.29 is 46.2 Å². The van der Waals surface area contributed by atoms with Crippen molar-refractivity contribution in [1.82, 2.24) is 4.90 Å². The van der Waals surface area contributed by atoms with Gasteiger partial charge in [0.05, 0.1) is 12.1 Å². The zero-order chi connectivity index (χ0) is 12.4. The van der Waals surface area contributed by atoms with Gasteiger partial charge in [-0.3, -0.25) is 4.90 Å². The smallest absolute Gasteiger partial charge is 0.412 e. The summed E-state index contributed by atoms with van der Waals surface area (Å²) < 4.78 is 10.7. The molecular formula is C12H22ClNO3Zn-. The predicted molar refractivity (Wildman–Crippen MR) is 61.6 cm³/mol. The number of hydrogen-bond donors (Lipinski definition) is 0. The van der Waals surface area contributed by atoms with E-state index in [0.717, 1.165) is 12.8 Å². The Morgan fingerprint density at radius 3 is 2.33 bits per heavy atom. The SMILES string of the molecule is CCC[CH]OC(=O)N1C(C)(C)COC1(C)C.[Cl-].[Zn]. The van der Waals surface area contributed by atoms with E-state index in [1.54, 1.807) is 11.5 Å². The maximum atomic E-state index is 11.9. The summed E-state index contributed by atoms with van der Waals surface area (Å²) in [6, 6.07) is 0. The van der Waals surface area contributed by atoms with E-state index in [0.29, 0.717) is 6.61 Å². The molecule has 1 aliphatic heterocycles. The van der Waals surface area contributed by atoms with Crippen molar-refractivity contribution in [3.63, 3.8) is 0 Å². The van der Waals surface area contributed by atoms with E-state index in [2.05, 4.69) is 0 Å². The molecule has 1 amide bonds. The summed E-state index contributed by atoms with van der Waals surface area (Å²) >= 11 is 0. The van der Waals surface area contributed by atoms with Gasteiger partial charge in [0, 0.05) is 19.5 Å². The van der Waals surface area contributed by atoms with Crippen LogP contribution in [0, 0.1) is 6.61 Å². The fourth-order valence-corrected chi connectivity index (χ4v) is 1.98. The van der Waals surface area contributed by atoms with E-state index < -0.39 is 5.72 Å². The van der Waals surface area contributed by atoms with Crippen molar-refractivity contribution in [3.05, 3.63) is 6.61 Å². The summed E-state index contributed by atoms with van der Waals surface area (Å²) in [5.41, 5.74) is -0.915. The van der Waals surface area contributed by atoms with Crippen LogP contribution in [0.3, 0.4) is 0 Å². The van der Waals surface area contributed by atoms with Gasteiger partial charge in [0.15, 0.2) is 0 Å². The monoisotopic (exact) mass is 327 g/mol. The van der Waals surface area contributed by atoms with Crippen LogP contribution in [0.5, 0.6) is 0 Å². The molecule has 103 valence electrons. The van der Waals surface area contributed by atoms with E-state index in [1.807, 2.05) is 34.6 Å². The Morgan fingerprint density at radius 2 is 1.94 bits per heavy atom. The summed E-state index contributed by atoms with van der Waals surface area (Å²) in [6.07, 6.45) is 1.42. The molecule has 1 heterocycles. The predicted octanol–water partition coefficient (Wildman–Crippen LogP) is -0.0667. The average molecular weight is 329 g/mol. The van der Waals surface area contributed by atoms with Gasteiger partial charge >= 0.3 is 6.09 Å². The van der Waals surface area contributed by atoms with Crippen LogP contribution in [0.15, 0.2) is 0 Å². The molecule has 0 atom stereocenters. The largest absolute Gasteiger partial charge is 1.00 e. The van der Waals surface area contributed by atoms with Crippen LogP contribution in [0.25, 0.3) is 0 Å². The number of ether oxygens (including phenoxy) is 2. The molecule has 0 saturated carbocycles. The third-order valence-electron chi connectivity index (χ3n) is 2.70. The average Bonchev–Trinajstić information content (AvgIpc) is 2.36. The second kappa shape index (κ2) is 7.66. The van der Waals surface area contributed by atoms with Crippen LogP contribution in [0.4, 0.5) is 4.79 Å². The first kappa shape index (κ1) is 20.5. The van der Waals surface area contributed by atoms with Gasteiger partial charge in [-0.1, -0.05) is 13.3 Å². The molecule has 0 aromatic rings. The van der Waals surface area contributed by atoms with E-state index in [-0.39, 0.29) is 43.5 Å². The van der Waals surface area contributed by atoms with Gasteiger partial charge in [-0.25, -0.2) is 4.79 Å². The Balaban J connectivity index is 0. The molecular weight excluding hydrogens is 307 g/mol. The number of carbonyl (C=O) groups excluding carboxylic acids is 1. The maximum absolute atomic E-state index is 11.9. The van der Waals surface area contributed by atoms with Gasteiger partial charge in [-0.05, 0) is 34.1 Å². The molecule has 6 heteroatoms. The molecule has 1 radical (unpaired) electrons. The van der Waals surface area contributed by atoms with Crippen LogP contribution in [0.2, 0.25) is 0 Å². The van der Waals surface area contributed by atoms with Gasteiger partial charge in [-0.15, -0.1) is 0 Å². The standard InChI is InChI=1S/C12H22NO3.ClH.Zn/c1-6-7-8-15-10(14)13-11(2,3)9-16-12(13,4)5;;/h8H,6-7,9H2,1-5H3;1H;/p-1. The summed E-state index contributed by atoms with van der Waals surface area (Å²) in [5, 5.41) is 0. The van der Waals surface area contributed by atoms with E-state index >= 15 is 0 Å². The first-order valence-electron chi connectivity index (χ1n) is 5.78. The van der Waals surface area contributed by atoms with Gasteiger partial charge in [0.25, 0.3) is 0 Å². The molecule has 0 bridgehead atoms.